The predicted molar refractivity (Wildman–Crippen MR) is 105 cm³/mol. The van der Waals surface area contributed by atoms with E-state index in [1.807, 2.05) is 30.3 Å². The number of amides is 1. The molecule has 0 aromatic heterocycles. The molecule has 1 amide bonds. The molecule has 4 N–H and O–H groups in total. The molecule has 3 rings (SSSR count). The van der Waals surface area contributed by atoms with E-state index in [0.29, 0.717) is 23.6 Å². The summed E-state index contributed by atoms with van der Waals surface area (Å²) in [6.07, 6.45) is 2.22. The average molecular weight is 388 g/mol. The van der Waals surface area contributed by atoms with Crippen LogP contribution in [0.5, 0.6) is 0 Å². The van der Waals surface area contributed by atoms with Crippen LogP contribution in [-0.4, -0.2) is 26.9 Å². The van der Waals surface area contributed by atoms with Gasteiger partial charge >= 0.3 is 0 Å². The highest BCUT2D eigenvalue weighted by molar-refractivity contribution is 7.89. The zero-order valence-electron chi connectivity index (χ0n) is 15.3. The molecule has 1 fully saturated rings. The molecule has 6 nitrogen and oxygen atoms in total. The van der Waals surface area contributed by atoms with Gasteiger partial charge in [0.2, 0.25) is 10.0 Å². The number of carbonyl (C=O) groups is 1. The van der Waals surface area contributed by atoms with Crippen LogP contribution in [0.25, 0.3) is 0 Å². The molecule has 0 aliphatic heterocycles. The van der Waals surface area contributed by atoms with Crippen LogP contribution in [0.2, 0.25) is 0 Å². The third kappa shape index (κ3) is 5.15. The largest absolute Gasteiger partial charge is 0.350 e. The molecule has 0 bridgehead atoms. The summed E-state index contributed by atoms with van der Waals surface area (Å²) in [4.78, 5) is 12.5. The zero-order valence-corrected chi connectivity index (χ0v) is 16.1. The van der Waals surface area contributed by atoms with Gasteiger partial charge in [-0.05, 0) is 48.9 Å². The van der Waals surface area contributed by atoms with Crippen LogP contribution in [-0.2, 0) is 16.6 Å². The lowest BCUT2D eigenvalue weighted by Gasteiger charge is -2.13. The fourth-order valence-electron chi connectivity index (χ4n) is 2.89. The van der Waals surface area contributed by atoms with Crippen molar-refractivity contribution in [3.05, 3.63) is 65.2 Å². The van der Waals surface area contributed by atoms with Crippen LogP contribution >= 0.6 is 0 Å². The van der Waals surface area contributed by atoms with Crippen molar-refractivity contribution in [3.63, 3.8) is 0 Å². The van der Waals surface area contributed by atoms with Gasteiger partial charge in [-0.3, -0.25) is 4.79 Å². The number of nitrogens with two attached hydrogens (primary N) is 1. The van der Waals surface area contributed by atoms with Crippen molar-refractivity contribution >= 4 is 15.9 Å². The number of carbonyl (C=O) groups excluding carboxylic acids is 1. The highest BCUT2D eigenvalue weighted by Gasteiger charge is 2.28. The Hall–Kier alpha value is -2.22. The summed E-state index contributed by atoms with van der Waals surface area (Å²) < 4.78 is 28.0. The maximum atomic E-state index is 12.7. The van der Waals surface area contributed by atoms with Gasteiger partial charge in [0.1, 0.15) is 0 Å². The second-order valence-electron chi connectivity index (χ2n) is 7.00. The standard InChI is InChI=1S/C20H25N3O3S/c1-14-7-8-17(20(24)22-13-18(21)16-9-10-16)11-19(14)27(25,26)23-12-15-5-3-2-4-6-15/h2-8,11,16,18,23H,9-10,12-13,21H2,1H3,(H,22,24). The minimum atomic E-state index is -3.73. The second kappa shape index (κ2) is 8.21. The predicted octanol–water partition coefficient (Wildman–Crippen LogP) is 1.94. The number of aryl methyl sites for hydroxylation is 1. The molecule has 2 aromatic rings. The molecule has 1 unspecified atom stereocenters. The second-order valence-corrected chi connectivity index (χ2v) is 8.74. The molecule has 0 radical (unpaired) electrons. The number of sulfonamides is 1. The van der Waals surface area contributed by atoms with Crippen molar-refractivity contribution in [3.8, 4) is 0 Å². The van der Waals surface area contributed by atoms with Crippen LogP contribution in [0.15, 0.2) is 53.4 Å². The van der Waals surface area contributed by atoms with Gasteiger partial charge in [0, 0.05) is 24.7 Å². The summed E-state index contributed by atoms with van der Waals surface area (Å²) in [7, 11) is -3.73. The Kier molecular flexibility index (Phi) is 5.94. The number of hydrogen-bond acceptors (Lipinski definition) is 4. The third-order valence-corrected chi connectivity index (χ3v) is 6.32. The Bertz CT molecular complexity index is 909. The number of benzene rings is 2. The van der Waals surface area contributed by atoms with E-state index in [0.717, 1.165) is 18.4 Å². The van der Waals surface area contributed by atoms with Crippen molar-refractivity contribution in [2.24, 2.45) is 11.7 Å². The first kappa shape index (κ1) is 19.5. The van der Waals surface area contributed by atoms with Crippen LogP contribution < -0.4 is 15.8 Å². The molecule has 7 heteroatoms. The smallest absolute Gasteiger partial charge is 0.251 e. The van der Waals surface area contributed by atoms with Gasteiger partial charge in [0.05, 0.1) is 4.90 Å². The fourth-order valence-corrected chi connectivity index (χ4v) is 4.17. The van der Waals surface area contributed by atoms with E-state index in [9.17, 15) is 13.2 Å². The molecule has 0 saturated heterocycles. The van der Waals surface area contributed by atoms with Crippen LogP contribution in [0.1, 0.15) is 34.3 Å². The van der Waals surface area contributed by atoms with Gasteiger partial charge in [-0.1, -0.05) is 36.4 Å². The summed E-state index contributed by atoms with van der Waals surface area (Å²) in [5, 5.41) is 2.80. The topological polar surface area (TPSA) is 101 Å². The SMILES string of the molecule is Cc1ccc(C(=O)NCC(N)C2CC2)cc1S(=O)(=O)NCc1ccccc1. The van der Waals surface area contributed by atoms with Gasteiger partial charge in [-0.15, -0.1) is 0 Å². The van der Waals surface area contributed by atoms with E-state index in [2.05, 4.69) is 10.0 Å². The van der Waals surface area contributed by atoms with E-state index in [1.54, 1.807) is 19.1 Å². The Labute approximate surface area is 160 Å². The first-order chi connectivity index (χ1) is 12.9. The Morgan fingerprint density at radius 3 is 2.56 bits per heavy atom. The maximum Gasteiger partial charge on any atom is 0.251 e. The van der Waals surface area contributed by atoms with E-state index < -0.39 is 10.0 Å². The molecular weight excluding hydrogens is 362 g/mol. The first-order valence-corrected chi connectivity index (χ1v) is 10.5. The summed E-state index contributed by atoms with van der Waals surface area (Å²) in [5.74, 6) is 0.173. The van der Waals surface area contributed by atoms with E-state index in [1.165, 1.54) is 6.07 Å². The molecule has 0 spiro atoms. The highest BCUT2D eigenvalue weighted by Crippen LogP contribution is 2.31. The minimum Gasteiger partial charge on any atom is -0.350 e. The van der Waals surface area contributed by atoms with Crippen molar-refractivity contribution in [2.45, 2.75) is 37.2 Å². The molecule has 27 heavy (non-hydrogen) atoms. The number of hydrogen-bond donors (Lipinski definition) is 3. The Morgan fingerprint density at radius 1 is 1.19 bits per heavy atom. The van der Waals surface area contributed by atoms with Crippen LogP contribution in [0.4, 0.5) is 0 Å². The molecule has 2 aromatic carbocycles. The summed E-state index contributed by atoms with van der Waals surface area (Å²) >= 11 is 0. The van der Waals surface area contributed by atoms with Gasteiger partial charge in [-0.2, -0.15) is 0 Å². The van der Waals surface area contributed by atoms with Gasteiger partial charge in [-0.25, -0.2) is 13.1 Å². The lowest BCUT2D eigenvalue weighted by atomic mass is 10.1. The van der Waals surface area contributed by atoms with E-state index >= 15 is 0 Å². The quantitative estimate of drug-likeness (QED) is 0.644. The fraction of sp³-hybridized carbons (Fsp3) is 0.350. The van der Waals surface area contributed by atoms with Gasteiger partial charge in [0.15, 0.2) is 0 Å². The van der Waals surface area contributed by atoms with E-state index in [4.69, 9.17) is 5.73 Å². The molecule has 1 saturated carbocycles. The average Bonchev–Trinajstić information content (AvgIpc) is 3.50. The van der Waals surface area contributed by atoms with Gasteiger partial charge in [0.25, 0.3) is 5.91 Å². The van der Waals surface area contributed by atoms with E-state index in [-0.39, 0.29) is 23.4 Å². The molecule has 0 heterocycles. The summed E-state index contributed by atoms with van der Waals surface area (Å²) in [5.41, 5.74) is 7.76. The lowest BCUT2D eigenvalue weighted by molar-refractivity contribution is 0.0950. The van der Waals surface area contributed by atoms with Crippen molar-refractivity contribution in [1.82, 2.24) is 10.0 Å². The number of nitrogens with one attached hydrogen (secondary N) is 2. The normalized spacial score (nSPS) is 15.3. The van der Waals surface area contributed by atoms with Crippen molar-refractivity contribution in [2.75, 3.05) is 6.54 Å². The van der Waals surface area contributed by atoms with Crippen molar-refractivity contribution < 1.29 is 13.2 Å². The lowest BCUT2D eigenvalue weighted by Crippen LogP contribution is -2.38. The molecular formula is C20H25N3O3S. The van der Waals surface area contributed by atoms with Gasteiger partial charge < -0.3 is 11.1 Å². The highest BCUT2D eigenvalue weighted by atomic mass is 32.2. The Morgan fingerprint density at radius 2 is 1.89 bits per heavy atom. The summed E-state index contributed by atoms with van der Waals surface area (Å²) in [6.45, 7) is 2.29. The maximum absolute atomic E-state index is 12.7. The monoisotopic (exact) mass is 387 g/mol. The molecule has 1 atom stereocenters. The molecule has 1 aliphatic carbocycles. The number of rotatable bonds is 8. The summed E-state index contributed by atoms with van der Waals surface area (Å²) in [6, 6.07) is 13.9. The molecule has 1 aliphatic rings. The minimum absolute atomic E-state index is 0.0462. The third-order valence-electron chi connectivity index (χ3n) is 4.77. The molecule has 144 valence electrons. The van der Waals surface area contributed by atoms with Crippen LogP contribution in [0, 0.1) is 12.8 Å². The van der Waals surface area contributed by atoms with Crippen LogP contribution in [0.3, 0.4) is 0 Å². The Balaban J connectivity index is 1.70. The first-order valence-electron chi connectivity index (χ1n) is 9.05. The zero-order chi connectivity index (χ0) is 19.4. The van der Waals surface area contributed by atoms with Crippen molar-refractivity contribution in [1.29, 1.82) is 0 Å².